The average molecular weight is 252 g/mol. The van der Waals surface area contributed by atoms with E-state index < -0.39 is 0 Å². The summed E-state index contributed by atoms with van der Waals surface area (Å²) in [5, 5.41) is 3.42. The fraction of sp³-hybridized carbons (Fsp3) is 0.571. The monoisotopic (exact) mass is 252 g/mol. The van der Waals surface area contributed by atoms with Crippen LogP contribution in [0.3, 0.4) is 0 Å². The summed E-state index contributed by atoms with van der Waals surface area (Å²) in [5.74, 6) is 0.901. The van der Waals surface area contributed by atoms with E-state index in [0.717, 1.165) is 38.5 Å². The molecule has 0 aliphatic carbocycles. The van der Waals surface area contributed by atoms with E-state index in [9.17, 15) is 0 Å². The van der Waals surface area contributed by atoms with Crippen molar-refractivity contribution in [2.24, 2.45) is 0 Å². The Morgan fingerprint density at radius 1 is 1.11 bits per heavy atom. The van der Waals surface area contributed by atoms with Crippen molar-refractivity contribution < 1.29 is 9.47 Å². The first kappa shape index (κ1) is 15.0. The van der Waals surface area contributed by atoms with Crippen LogP contribution in [0.1, 0.15) is 5.56 Å². The van der Waals surface area contributed by atoms with Crippen LogP contribution >= 0.6 is 0 Å². The summed E-state index contributed by atoms with van der Waals surface area (Å²) < 4.78 is 10.2. The van der Waals surface area contributed by atoms with Gasteiger partial charge in [-0.05, 0) is 24.7 Å². The lowest BCUT2D eigenvalue weighted by Gasteiger charge is -2.16. The minimum absolute atomic E-state index is 0.787. The number of nitrogens with zero attached hydrogens (tertiary/aromatic N) is 1. The Balaban J connectivity index is 2.13. The summed E-state index contributed by atoms with van der Waals surface area (Å²) in [6.07, 6.45) is 0. The van der Waals surface area contributed by atoms with E-state index in [1.807, 2.05) is 12.1 Å². The first-order valence-electron chi connectivity index (χ1n) is 6.27. The molecule has 0 aromatic heterocycles. The molecule has 0 spiro atoms. The second kappa shape index (κ2) is 8.91. The molecule has 0 aliphatic heterocycles. The Morgan fingerprint density at radius 3 is 2.44 bits per heavy atom. The maximum absolute atomic E-state index is 5.12. The van der Waals surface area contributed by atoms with E-state index >= 15 is 0 Å². The molecule has 1 aromatic carbocycles. The second-order valence-electron chi connectivity index (χ2n) is 4.32. The Bertz CT molecular complexity index is 314. The highest BCUT2D eigenvalue weighted by molar-refractivity contribution is 5.26. The Labute approximate surface area is 110 Å². The number of rotatable bonds is 9. The van der Waals surface area contributed by atoms with E-state index in [4.69, 9.17) is 9.47 Å². The van der Waals surface area contributed by atoms with Gasteiger partial charge in [-0.3, -0.25) is 0 Å². The Morgan fingerprint density at radius 2 is 1.83 bits per heavy atom. The predicted molar refractivity (Wildman–Crippen MR) is 74.1 cm³/mol. The van der Waals surface area contributed by atoms with Crippen molar-refractivity contribution in [3.05, 3.63) is 29.8 Å². The lowest BCUT2D eigenvalue weighted by molar-refractivity contribution is 0.161. The Hall–Kier alpha value is -1.10. The van der Waals surface area contributed by atoms with Gasteiger partial charge < -0.3 is 19.7 Å². The third-order valence-corrected chi connectivity index (χ3v) is 2.84. The van der Waals surface area contributed by atoms with E-state index in [0.29, 0.717) is 0 Å². The lowest BCUT2D eigenvalue weighted by Crippen LogP contribution is -2.31. The van der Waals surface area contributed by atoms with Gasteiger partial charge in [0.2, 0.25) is 0 Å². The maximum atomic E-state index is 5.12. The van der Waals surface area contributed by atoms with Crippen molar-refractivity contribution in [2.45, 2.75) is 6.54 Å². The average Bonchev–Trinajstić information content (AvgIpc) is 2.42. The molecule has 0 fully saturated rings. The Kier molecular flexibility index (Phi) is 7.41. The standard InChI is InChI=1S/C14H24N2O2/c1-16(10-11-17-2)9-8-15-12-13-4-6-14(18-3)7-5-13/h4-7,15H,8-12H2,1-3H3. The van der Waals surface area contributed by atoms with E-state index in [1.165, 1.54) is 5.56 Å². The minimum Gasteiger partial charge on any atom is -0.497 e. The highest BCUT2D eigenvalue weighted by atomic mass is 16.5. The summed E-state index contributed by atoms with van der Waals surface area (Å²) in [7, 11) is 5.52. The topological polar surface area (TPSA) is 33.7 Å². The molecule has 0 aliphatic rings. The predicted octanol–water partition coefficient (Wildman–Crippen LogP) is 1.36. The largest absolute Gasteiger partial charge is 0.497 e. The van der Waals surface area contributed by atoms with Crippen LogP contribution in [0.15, 0.2) is 24.3 Å². The zero-order chi connectivity index (χ0) is 13.2. The molecule has 4 heteroatoms. The SMILES string of the molecule is COCCN(C)CCNCc1ccc(OC)cc1. The quantitative estimate of drug-likeness (QED) is 0.673. The van der Waals surface area contributed by atoms with Gasteiger partial charge in [-0.25, -0.2) is 0 Å². The third-order valence-electron chi connectivity index (χ3n) is 2.84. The number of benzene rings is 1. The molecule has 0 amide bonds. The molecule has 0 unspecified atom stereocenters. The highest BCUT2D eigenvalue weighted by Crippen LogP contribution is 2.10. The normalized spacial score (nSPS) is 10.9. The first-order valence-corrected chi connectivity index (χ1v) is 6.27. The number of nitrogens with one attached hydrogen (secondary N) is 1. The van der Waals surface area contributed by atoms with Crippen LogP contribution in [0.25, 0.3) is 0 Å². The number of methoxy groups -OCH3 is 2. The van der Waals surface area contributed by atoms with Crippen molar-refractivity contribution in [1.29, 1.82) is 0 Å². The van der Waals surface area contributed by atoms with Gasteiger partial charge in [0.05, 0.1) is 13.7 Å². The molecule has 0 bridgehead atoms. The van der Waals surface area contributed by atoms with Gasteiger partial charge in [-0.15, -0.1) is 0 Å². The van der Waals surface area contributed by atoms with Crippen molar-refractivity contribution in [1.82, 2.24) is 10.2 Å². The van der Waals surface area contributed by atoms with Crippen LogP contribution in [-0.4, -0.2) is 52.4 Å². The van der Waals surface area contributed by atoms with Crippen LogP contribution in [0.4, 0.5) is 0 Å². The van der Waals surface area contributed by atoms with Gasteiger partial charge in [0.25, 0.3) is 0 Å². The van der Waals surface area contributed by atoms with E-state index in [2.05, 4.69) is 29.4 Å². The summed E-state index contributed by atoms with van der Waals surface area (Å²) in [6, 6.07) is 8.14. The molecule has 1 rings (SSSR count). The first-order chi connectivity index (χ1) is 8.76. The number of hydrogen-bond acceptors (Lipinski definition) is 4. The number of ether oxygens (including phenoxy) is 2. The minimum atomic E-state index is 0.787. The van der Waals surface area contributed by atoms with E-state index in [1.54, 1.807) is 14.2 Å². The highest BCUT2D eigenvalue weighted by Gasteiger charge is 1.98. The number of hydrogen-bond donors (Lipinski definition) is 1. The molecule has 0 heterocycles. The molecular formula is C14H24N2O2. The van der Waals surface area contributed by atoms with Crippen LogP contribution in [0, 0.1) is 0 Å². The fourth-order valence-corrected chi connectivity index (χ4v) is 1.60. The molecule has 1 N–H and O–H groups in total. The molecule has 0 saturated heterocycles. The molecule has 0 atom stereocenters. The molecule has 1 aromatic rings. The summed E-state index contributed by atoms with van der Waals surface area (Å²) >= 11 is 0. The van der Waals surface area contributed by atoms with Gasteiger partial charge in [-0.1, -0.05) is 12.1 Å². The van der Waals surface area contributed by atoms with Crippen LogP contribution < -0.4 is 10.1 Å². The molecule has 0 radical (unpaired) electrons. The lowest BCUT2D eigenvalue weighted by atomic mass is 10.2. The van der Waals surface area contributed by atoms with Crippen molar-refractivity contribution >= 4 is 0 Å². The smallest absolute Gasteiger partial charge is 0.118 e. The van der Waals surface area contributed by atoms with Crippen molar-refractivity contribution in [3.8, 4) is 5.75 Å². The zero-order valence-electron chi connectivity index (χ0n) is 11.6. The summed E-state index contributed by atoms with van der Waals surface area (Å²) in [5.41, 5.74) is 1.27. The molecule has 4 nitrogen and oxygen atoms in total. The van der Waals surface area contributed by atoms with Gasteiger partial charge >= 0.3 is 0 Å². The van der Waals surface area contributed by atoms with Gasteiger partial charge in [0.15, 0.2) is 0 Å². The van der Waals surface area contributed by atoms with Gasteiger partial charge in [-0.2, -0.15) is 0 Å². The van der Waals surface area contributed by atoms with Crippen molar-refractivity contribution in [3.63, 3.8) is 0 Å². The third kappa shape index (κ3) is 6.00. The molecule has 102 valence electrons. The van der Waals surface area contributed by atoms with Crippen molar-refractivity contribution in [2.75, 3.05) is 47.5 Å². The zero-order valence-corrected chi connectivity index (χ0v) is 11.6. The number of likely N-dealkylation sites (N-methyl/N-ethyl adjacent to an activating group) is 1. The summed E-state index contributed by atoms with van der Waals surface area (Å²) in [4.78, 5) is 2.25. The van der Waals surface area contributed by atoms with E-state index in [-0.39, 0.29) is 0 Å². The fourth-order valence-electron chi connectivity index (χ4n) is 1.60. The van der Waals surface area contributed by atoms with Crippen LogP contribution in [0.5, 0.6) is 5.75 Å². The van der Waals surface area contributed by atoms with Crippen LogP contribution in [-0.2, 0) is 11.3 Å². The molecule has 0 saturated carbocycles. The van der Waals surface area contributed by atoms with Gasteiger partial charge in [0, 0.05) is 33.3 Å². The van der Waals surface area contributed by atoms with Crippen LogP contribution in [0.2, 0.25) is 0 Å². The maximum Gasteiger partial charge on any atom is 0.118 e. The second-order valence-corrected chi connectivity index (χ2v) is 4.32. The van der Waals surface area contributed by atoms with Gasteiger partial charge in [0.1, 0.15) is 5.75 Å². The molecule has 18 heavy (non-hydrogen) atoms. The summed E-state index contributed by atoms with van der Waals surface area (Å²) in [6.45, 7) is 4.66. The molecular weight excluding hydrogens is 228 g/mol.